The maximum absolute atomic E-state index is 13.3. The number of nitrogens with zero attached hydrogens (tertiary/aromatic N) is 2. The molecule has 0 saturated heterocycles. The van der Waals surface area contributed by atoms with Crippen LogP contribution in [0.25, 0.3) is 11.0 Å². The first-order valence-corrected chi connectivity index (χ1v) is 13.7. The maximum atomic E-state index is 13.3. The van der Waals surface area contributed by atoms with Crippen molar-refractivity contribution in [3.63, 3.8) is 0 Å². The maximum Gasteiger partial charge on any atom is 0.263 e. The van der Waals surface area contributed by atoms with Gasteiger partial charge in [-0.05, 0) is 36.4 Å². The number of aliphatic hydroxyl groups excluding tert-OH is 1. The number of amides is 1. The summed E-state index contributed by atoms with van der Waals surface area (Å²) in [7, 11) is -1.14. The van der Waals surface area contributed by atoms with Crippen molar-refractivity contribution in [2.24, 2.45) is 0 Å². The van der Waals surface area contributed by atoms with E-state index in [1.165, 1.54) is 45.4 Å². The van der Waals surface area contributed by atoms with E-state index >= 15 is 0 Å². The molecule has 0 bridgehead atoms. The minimum atomic E-state index is -4.11. The molecule has 0 aliphatic heterocycles. The Hall–Kier alpha value is -4.62. The van der Waals surface area contributed by atoms with Gasteiger partial charge in [-0.15, -0.1) is 0 Å². The molecule has 0 atom stereocenters. The molecular weight excluding hydrogens is 538 g/mol. The number of aromatic nitrogens is 2. The van der Waals surface area contributed by atoms with Gasteiger partial charge >= 0.3 is 0 Å². The van der Waals surface area contributed by atoms with Crippen LogP contribution in [0.3, 0.4) is 0 Å². The summed E-state index contributed by atoms with van der Waals surface area (Å²) < 4.78 is 46.0. The Morgan fingerprint density at radius 3 is 2.23 bits per heavy atom. The Bertz CT molecular complexity index is 1610. The number of sulfonamides is 1. The number of methoxy groups -OCH3 is 2. The fraction of sp³-hybridized carbons (Fsp3) is 0.222. The topological polar surface area (TPSA) is 161 Å². The van der Waals surface area contributed by atoms with Crippen LogP contribution in [-0.4, -0.2) is 56.8 Å². The number of hydrogen-bond donors (Lipinski definition) is 4. The number of carbonyl (C=O) groups excluding carboxylic acids is 1. The van der Waals surface area contributed by atoms with Crippen molar-refractivity contribution in [3.8, 4) is 17.2 Å². The number of para-hydroxylation sites is 2. The number of fused-ring (bicyclic) bond motifs is 1. The second-order valence-corrected chi connectivity index (χ2v) is 10.2. The summed E-state index contributed by atoms with van der Waals surface area (Å²) in [5.74, 6) is 0.880. The van der Waals surface area contributed by atoms with Crippen molar-refractivity contribution in [3.05, 3.63) is 60.7 Å². The third-order valence-corrected chi connectivity index (χ3v) is 6.93. The Morgan fingerprint density at radius 1 is 0.950 bits per heavy atom. The molecule has 0 radical (unpaired) electrons. The Balaban J connectivity index is 1.77. The van der Waals surface area contributed by atoms with Gasteiger partial charge in [0, 0.05) is 37.8 Å². The summed E-state index contributed by atoms with van der Waals surface area (Å²) in [6, 6.07) is 16.0. The number of anilines is 4. The predicted octanol–water partition coefficient (Wildman–Crippen LogP) is 3.91. The molecule has 4 aromatic rings. The van der Waals surface area contributed by atoms with Gasteiger partial charge in [-0.1, -0.05) is 12.1 Å². The molecule has 4 N–H and O–H groups in total. The Kier molecular flexibility index (Phi) is 8.86. The molecule has 1 heterocycles. The van der Waals surface area contributed by atoms with Gasteiger partial charge in [-0.3, -0.25) is 9.52 Å². The molecule has 0 aliphatic carbocycles. The standard InChI is InChI=1S/C27H29N5O7S/c1-17(34)28-18-9-11-20(12-10-18)40(35,36)32-27-26(29-21-7-4-5-8-22(21)30-27)31-23-15-19(37-2)16-24(38-3)25(23)39-14-6-13-33/h4-5,7-12,15-16,33H,6,13-14H2,1-3H3,(H,28,34)(H,29,31)(H,30,32). The Morgan fingerprint density at radius 2 is 1.62 bits per heavy atom. The zero-order valence-corrected chi connectivity index (χ0v) is 22.9. The first-order valence-electron chi connectivity index (χ1n) is 12.2. The van der Waals surface area contributed by atoms with E-state index in [4.69, 9.17) is 14.2 Å². The van der Waals surface area contributed by atoms with Crippen molar-refractivity contribution in [1.82, 2.24) is 9.97 Å². The number of ether oxygens (including phenoxy) is 3. The van der Waals surface area contributed by atoms with Gasteiger partial charge in [0.25, 0.3) is 10.0 Å². The summed E-state index contributed by atoms with van der Waals surface area (Å²) >= 11 is 0. The second-order valence-electron chi connectivity index (χ2n) is 8.48. The van der Waals surface area contributed by atoms with E-state index in [0.29, 0.717) is 46.1 Å². The van der Waals surface area contributed by atoms with Crippen LogP contribution in [0.1, 0.15) is 13.3 Å². The van der Waals surface area contributed by atoms with Gasteiger partial charge in [0.05, 0.1) is 42.4 Å². The van der Waals surface area contributed by atoms with Crippen LogP contribution >= 0.6 is 0 Å². The van der Waals surface area contributed by atoms with Crippen LogP contribution in [-0.2, 0) is 14.8 Å². The summed E-state index contributed by atoms with van der Waals surface area (Å²) in [5, 5.41) is 14.9. The number of nitrogens with one attached hydrogen (secondary N) is 3. The number of carbonyl (C=O) groups is 1. The Labute approximate surface area is 231 Å². The van der Waals surface area contributed by atoms with E-state index in [2.05, 4.69) is 25.3 Å². The van der Waals surface area contributed by atoms with Gasteiger partial charge < -0.3 is 30.0 Å². The molecule has 1 amide bonds. The second kappa shape index (κ2) is 12.5. The van der Waals surface area contributed by atoms with E-state index in [0.717, 1.165) is 0 Å². The highest BCUT2D eigenvalue weighted by Gasteiger charge is 2.22. The van der Waals surface area contributed by atoms with Gasteiger partial charge in [0.1, 0.15) is 5.75 Å². The predicted molar refractivity (Wildman–Crippen MR) is 151 cm³/mol. The average molecular weight is 568 g/mol. The fourth-order valence-corrected chi connectivity index (χ4v) is 4.73. The van der Waals surface area contributed by atoms with E-state index in [1.54, 1.807) is 36.4 Å². The van der Waals surface area contributed by atoms with Gasteiger partial charge in [0.15, 0.2) is 23.1 Å². The average Bonchev–Trinajstić information content (AvgIpc) is 2.93. The highest BCUT2D eigenvalue weighted by atomic mass is 32.2. The molecule has 4 rings (SSSR count). The molecule has 0 unspecified atom stereocenters. The highest BCUT2D eigenvalue weighted by Crippen LogP contribution is 2.42. The van der Waals surface area contributed by atoms with Crippen LogP contribution < -0.4 is 29.6 Å². The molecule has 210 valence electrons. The first kappa shape index (κ1) is 28.4. The quantitative estimate of drug-likeness (QED) is 0.185. The first-order chi connectivity index (χ1) is 19.2. The summed E-state index contributed by atoms with van der Waals surface area (Å²) in [5.41, 5.74) is 1.82. The molecule has 40 heavy (non-hydrogen) atoms. The molecular formula is C27H29N5O7S. The monoisotopic (exact) mass is 567 g/mol. The fourth-order valence-electron chi connectivity index (χ4n) is 3.72. The van der Waals surface area contributed by atoms with Crippen LogP contribution in [0.15, 0.2) is 65.6 Å². The van der Waals surface area contributed by atoms with Crippen molar-refractivity contribution in [2.45, 2.75) is 18.2 Å². The van der Waals surface area contributed by atoms with Crippen LogP contribution in [0.5, 0.6) is 17.2 Å². The zero-order chi connectivity index (χ0) is 28.7. The number of aliphatic hydroxyl groups is 1. The third-order valence-electron chi connectivity index (χ3n) is 5.57. The lowest BCUT2D eigenvalue weighted by atomic mass is 10.2. The minimum absolute atomic E-state index is 0.0430. The highest BCUT2D eigenvalue weighted by molar-refractivity contribution is 7.92. The summed E-state index contributed by atoms with van der Waals surface area (Å²) in [6.07, 6.45) is 0.385. The molecule has 0 aliphatic rings. The smallest absolute Gasteiger partial charge is 0.263 e. The lowest BCUT2D eigenvalue weighted by Gasteiger charge is -2.19. The zero-order valence-electron chi connectivity index (χ0n) is 22.1. The van der Waals surface area contributed by atoms with Crippen molar-refractivity contribution < 1.29 is 32.5 Å². The van der Waals surface area contributed by atoms with Crippen molar-refractivity contribution >= 4 is 50.0 Å². The lowest BCUT2D eigenvalue weighted by molar-refractivity contribution is -0.114. The van der Waals surface area contributed by atoms with Gasteiger partial charge in [-0.25, -0.2) is 18.4 Å². The van der Waals surface area contributed by atoms with Crippen LogP contribution in [0.2, 0.25) is 0 Å². The molecule has 0 saturated carbocycles. The molecule has 0 spiro atoms. The lowest BCUT2D eigenvalue weighted by Crippen LogP contribution is -2.16. The van der Waals surface area contributed by atoms with Gasteiger partial charge in [0.2, 0.25) is 5.91 Å². The number of rotatable bonds is 12. The third kappa shape index (κ3) is 6.68. The van der Waals surface area contributed by atoms with Gasteiger partial charge in [-0.2, -0.15) is 0 Å². The summed E-state index contributed by atoms with van der Waals surface area (Å²) in [4.78, 5) is 20.4. The van der Waals surface area contributed by atoms with E-state index in [1.807, 2.05) is 0 Å². The molecule has 0 fully saturated rings. The van der Waals surface area contributed by atoms with E-state index in [9.17, 15) is 18.3 Å². The van der Waals surface area contributed by atoms with Crippen molar-refractivity contribution in [1.29, 1.82) is 0 Å². The SMILES string of the molecule is COc1cc(Nc2nc3ccccc3nc2NS(=O)(=O)c2ccc(NC(C)=O)cc2)c(OCCCO)c(OC)c1. The van der Waals surface area contributed by atoms with E-state index in [-0.39, 0.29) is 35.7 Å². The summed E-state index contributed by atoms with van der Waals surface area (Å²) in [6.45, 7) is 1.50. The van der Waals surface area contributed by atoms with Crippen LogP contribution in [0, 0.1) is 0 Å². The van der Waals surface area contributed by atoms with Crippen molar-refractivity contribution in [2.75, 3.05) is 42.8 Å². The molecule has 13 heteroatoms. The van der Waals surface area contributed by atoms with E-state index < -0.39 is 10.0 Å². The van der Waals surface area contributed by atoms with Crippen LogP contribution in [0.4, 0.5) is 23.0 Å². The largest absolute Gasteiger partial charge is 0.497 e. The minimum Gasteiger partial charge on any atom is -0.497 e. The molecule has 3 aromatic carbocycles. The number of benzene rings is 3. The molecule has 12 nitrogen and oxygen atoms in total. The number of hydrogen-bond acceptors (Lipinski definition) is 10. The normalized spacial score (nSPS) is 11.1. The molecule has 1 aromatic heterocycles.